The fourth-order valence-electron chi connectivity index (χ4n) is 2.14. The maximum Gasteiger partial charge on any atom is 0.305 e. The summed E-state index contributed by atoms with van der Waals surface area (Å²) in [7, 11) is 0. The first kappa shape index (κ1) is 21.1. The molecule has 1 aromatic carbocycles. The highest BCUT2D eigenvalue weighted by atomic mass is 19.1. The van der Waals surface area contributed by atoms with Gasteiger partial charge in [-0.3, -0.25) is 19.2 Å². The second kappa shape index (κ2) is 10.8. The van der Waals surface area contributed by atoms with Crippen LogP contribution in [0.15, 0.2) is 24.3 Å². The molecule has 1 rings (SSSR count). The standard InChI is InChI=1S/C17H22FN3O5/c1-11(22)19-8-9-20-15(23)6-7-16(24)21-14(10-17(25)26)12-2-4-13(18)5-3-12/h2-5,14H,6-10H2,1H3,(H,19,22)(H,20,23)(H,21,24)(H,25,26). The Morgan fingerprint density at radius 1 is 1.00 bits per heavy atom. The Kier molecular flexibility index (Phi) is 8.76. The number of carbonyl (C=O) groups excluding carboxylic acids is 3. The number of amides is 3. The topological polar surface area (TPSA) is 125 Å². The molecule has 1 aromatic rings. The number of halogens is 1. The summed E-state index contributed by atoms with van der Waals surface area (Å²) in [6, 6.07) is 4.34. The van der Waals surface area contributed by atoms with E-state index in [0.717, 1.165) is 0 Å². The summed E-state index contributed by atoms with van der Waals surface area (Å²) in [6.45, 7) is 1.90. The molecule has 0 saturated heterocycles. The Hall–Kier alpha value is -2.97. The van der Waals surface area contributed by atoms with Crippen molar-refractivity contribution < 1.29 is 28.7 Å². The van der Waals surface area contributed by atoms with Crippen LogP contribution in [0.1, 0.15) is 37.8 Å². The zero-order chi connectivity index (χ0) is 19.5. The lowest BCUT2D eigenvalue weighted by molar-refractivity contribution is -0.138. The summed E-state index contributed by atoms with van der Waals surface area (Å²) in [5, 5.41) is 16.6. The van der Waals surface area contributed by atoms with Crippen LogP contribution in [0, 0.1) is 5.82 Å². The number of aliphatic carboxylic acids is 1. The number of hydrogen-bond acceptors (Lipinski definition) is 4. The lowest BCUT2D eigenvalue weighted by Crippen LogP contribution is -2.35. The molecule has 8 nitrogen and oxygen atoms in total. The molecule has 142 valence electrons. The average molecular weight is 367 g/mol. The molecule has 4 N–H and O–H groups in total. The van der Waals surface area contributed by atoms with Crippen LogP contribution < -0.4 is 16.0 Å². The molecule has 0 fully saturated rings. The third-order valence-electron chi connectivity index (χ3n) is 3.39. The Bertz CT molecular complexity index is 648. The number of nitrogens with one attached hydrogen (secondary N) is 3. The Morgan fingerprint density at radius 2 is 1.58 bits per heavy atom. The first-order chi connectivity index (χ1) is 12.3. The van der Waals surface area contributed by atoms with Crippen LogP contribution in [0.25, 0.3) is 0 Å². The molecule has 0 aliphatic carbocycles. The Labute approximate surface area is 150 Å². The SMILES string of the molecule is CC(=O)NCCNC(=O)CCC(=O)NC(CC(=O)O)c1ccc(F)cc1. The first-order valence-electron chi connectivity index (χ1n) is 8.05. The van der Waals surface area contributed by atoms with Gasteiger partial charge in [-0.15, -0.1) is 0 Å². The smallest absolute Gasteiger partial charge is 0.305 e. The largest absolute Gasteiger partial charge is 0.481 e. The molecule has 0 bridgehead atoms. The first-order valence-corrected chi connectivity index (χ1v) is 8.05. The van der Waals surface area contributed by atoms with Crippen molar-refractivity contribution in [3.63, 3.8) is 0 Å². The van der Waals surface area contributed by atoms with Gasteiger partial charge in [-0.1, -0.05) is 12.1 Å². The quantitative estimate of drug-likeness (QED) is 0.448. The monoisotopic (exact) mass is 367 g/mol. The van der Waals surface area contributed by atoms with Crippen molar-refractivity contribution in [1.82, 2.24) is 16.0 Å². The second-order valence-electron chi connectivity index (χ2n) is 5.60. The fraction of sp³-hybridized carbons (Fsp3) is 0.412. The van der Waals surface area contributed by atoms with Crippen molar-refractivity contribution in [2.75, 3.05) is 13.1 Å². The van der Waals surface area contributed by atoms with Gasteiger partial charge < -0.3 is 21.1 Å². The van der Waals surface area contributed by atoms with Gasteiger partial charge in [-0.05, 0) is 17.7 Å². The molecule has 0 aliphatic heterocycles. The summed E-state index contributed by atoms with van der Waals surface area (Å²) >= 11 is 0. The zero-order valence-electron chi connectivity index (χ0n) is 14.4. The van der Waals surface area contributed by atoms with Crippen molar-refractivity contribution in [2.45, 2.75) is 32.2 Å². The lowest BCUT2D eigenvalue weighted by Gasteiger charge is -2.17. The van der Waals surface area contributed by atoms with Crippen LogP contribution in [0.5, 0.6) is 0 Å². The summed E-state index contributed by atoms with van der Waals surface area (Å²) in [5.74, 6) is -2.64. The molecule has 0 heterocycles. The maximum atomic E-state index is 13.0. The number of benzene rings is 1. The van der Waals surface area contributed by atoms with Gasteiger partial charge >= 0.3 is 5.97 Å². The molecular formula is C17H22FN3O5. The predicted molar refractivity (Wildman–Crippen MR) is 90.5 cm³/mol. The molecule has 26 heavy (non-hydrogen) atoms. The van der Waals surface area contributed by atoms with E-state index in [-0.39, 0.29) is 37.6 Å². The highest BCUT2D eigenvalue weighted by molar-refractivity contribution is 5.84. The highest BCUT2D eigenvalue weighted by Crippen LogP contribution is 2.17. The van der Waals surface area contributed by atoms with Crippen LogP contribution in [0.4, 0.5) is 4.39 Å². The van der Waals surface area contributed by atoms with Gasteiger partial charge in [0.2, 0.25) is 17.7 Å². The van der Waals surface area contributed by atoms with Crippen molar-refractivity contribution in [3.05, 3.63) is 35.6 Å². The highest BCUT2D eigenvalue weighted by Gasteiger charge is 2.18. The van der Waals surface area contributed by atoms with E-state index in [1.165, 1.54) is 31.2 Å². The summed E-state index contributed by atoms with van der Waals surface area (Å²) in [5.41, 5.74) is 0.460. The second-order valence-corrected chi connectivity index (χ2v) is 5.60. The van der Waals surface area contributed by atoms with Crippen molar-refractivity contribution in [1.29, 1.82) is 0 Å². The molecule has 3 amide bonds. The molecule has 0 aromatic heterocycles. The van der Waals surface area contributed by atoms with Gasteiger partial charge in [0.05, 0.1) is 12.5 Å². The van der Waals surface area contributed by atoms with Gasteiger partial charge in [-0.25, -0.2) is 4.39 Å². The van der Waals surface area contributed by atoms with Crippen molar-refractivity contribution in [3.8, 4) is 0 Å². The molecule has 1 atom stereocenters. The van der Waals surface area contributed by atoms with E-state index < -0.39 is 23.7 Å². The number of carbonyl (C=O) groups is 4. The molecule has 9 heteroatoms. The lowest BCUT2D eigenvalue weighted by atomic mass is 10.0. The fourth-order valence-corrected chi connectivity index (χ4v) is 2.14. The van der Waals surface area contributed by atoms with Crippen LogP contribution in [0.3, 0.4) is 0 Å². The van der Waals surface area contributed by atoms with Crippen molar-refractivity contribution in [2.24, 2.45) is 0 Å². The van der Waals surface area contributed by atoms with Gasteiger partial charge in [-0.2, -0.15) is 0 Å². The summed E-state index contributed by atoms with van der Waals surface area (Å²) in [4.78, 5) is 45.3. The normalized spacial score (nSPS) is 11.3. The Morgan fingerprint density at radius 3 is 2.15 bits per heavy atom. The molecule has 0 saturated carbocycles. The van der Waals surface area contributed by atoms with Gasteiger partial charge in [0.15, 0.2) is 0 Å². The van der Waals surface area contributed by atoms with E-state index >= 15 is 0 Å². The van der Waals surface area contributed by atoms with E-state index in [9.17, 15) is 23.6 Å². The van der Waals surface area contributed by atoms with E-state index in [2.05, 4.69) is 16.0 Å². The number of carboxylic acids is 1. The van der Waals surface area contributed by atoms with Crippen LogP contribution in [0.2, 0.25) is 0 Å². The van der Waals surface area contributed by atoms with Crippen LogP contribution in [-0.4, -0.2) is 41.9 Å². The number of hydrogen-bond donors (Lipinski definition) is 4. The number of carboxylic acid groups (broad SMARTS) is 1. The average Bonchev–Trinajstić information content (AvgIpc) is 2.56. The predicted octanol–water partition coefficient (Wildman–Crippen LogP) is 0.490. The minimum atomic E-state index is -1.12. The van der Waals surface area contributed by atoms with E-state index in [1.807, 2.05) is 0 Å². The summed E-state index contributed by atoms with van der Waals surface area (Å²) < 4.78 is 13.0. The minimum Gasteiger partial charge on any atom is -0.481 e. The van der Waals surface area contributed by atoms with E-state index in [1.54, 1.807) is 0 Å². The number of rotatable bonds is 10. The minimum absolute atomic E-state index is 0.0743. The molecule has 0 radical (unpaired) electrons. The molecule has 0 spiro atoms. The third kappa shape index (κ3) is 8.76. The molecule has 1 unspecified atom stereocenters. The van der Waals surface area contributed by atoms with Crippen LogP contribution in [-0.2, 0) is 19.2 Å². The third-order valence-corrected chi connectivity index (χ3v) is 3.39. The maximum absolute atomic E-state index is 13.0. The van der Waals surface area contributed by atoms with E-state index in [4.69, 9.17) is 5.11 Å². The van der Waals surface area contributed by atoms with Crippen LogP contribution >= 0.6 is 0 Å². The van der Waals surface area contributed by atoms with Gasteiger partial charge in [0, 0.05) is 32.9 Å². The molecule has 0 aliphatic rings. The zero-order valence-corrected chi connectivity index (χ0v) is 14.4. The van der Waals surface area contributed by atoms with Crippen molar-refractivity contribution >= 4 is 23.7 Å². The van der Waals surface area contributed by atoms with E-state index in [0.29, 0.717) is 12.1 Å². The molecular weight excluding hydrogens is 345 g/mol. The van der Waals surface area contributed by atoms with Gasteiger partial charge in [0.25, 0.3) is 0 Å². The van der Waals surface area contributed by atoms with Gasteiger partial charge in [0.1, 0.15) is 5.82 Å². The Balaban J connectivity index is 2.46. The summed E-state index contributed by atoms with van der Waals surface area (Å²) in [6.07, 6.45) is -0.557.